The molecule has 0 bridgehead atoms. The van der Waals surface area contributed by atoms with Gasteiger partial charge in [-0.2, -0.15) is 0 Å². The molecule has 1 nitrogen and oxygen atoms in total. The van der Waals surface area contributed by atoms with Gasteiger partial charge in [0.2, 0.25) is 0 Å². The van der Waals surface area contributed by atoms with Crippen LogP contribution in [0, 0.1) is 11.6 Å². The summed E-state index contributed by atoms with van der Waals surface area (Å²) in [7, 11) is 0. The van der Waals surface area contributed by atoms with E-state index in [9.17, 15) is 13.9 Å². The predicted molar refractivity (Wildman–Crippen MR) is 64.8 cm³/mol. The van der Waals surface area contributed by atoms with E-state index in [1.807, 2.05) is 13.8 Å². The molecule has 0 unspecified atom stereocenters. The molecule has 0 aliphatic carbocycles. The van der Waals surface area contributed by atoms with Gasteiger partial charge in [0.05, 0.1) is 5.60 Å². The quantitative estimate of drug-likeness (QED) is 0.803. The first-order valence-electron chi connectivity index (χ1n) is 6.17. The lowest BCUT2D eigenvalue weighted by Crippen LogP contribution is -2.31. The molecule has 0 radical (unpaired) electrons. The molecule has 1 rings (SSSR count). The van der Waals surface area contributed by atoms with Crippen LogP contribution in [0.1, 0.15) is 45.1 Å². The molecule has 1 aromatic rings. The first kappa shape index (κ1) is 14.1. The lowest BCUT2D eigenvalue weighted by molar-refractivity contribution is 0.0208. The predicted octanol–water partition coefficient (Wildman–Crippen LogP) is 3.84. The first-order valence-corrected chi connectivity index (χ1v) is 6.17. The average Bonchev–Trinajstić information content (AvgIpc) is 2.23. The zero-order chi connectivity index (χ0) is 12.9. The summed E-state index contributed by atoms with van der Waals surface area (Å²) in [6.07, 6.45) is 3.22. The minimum absolute atomic E-state index is 0.251. The summed E-state index contributed by atoms with van der Waals surface area (Å²) in [6, 6.07) is 3.52. The van der Waals surface area contributed by atoms with Gasteiger partial charge in [0, 0.05) is 12.5 Å². The van der Waals surface area contributed by atoms with Gasteiger partial charge < -0.3 is 5.11 Å². The Bertz CT molecular complexity index is 357. The van der Waals surface area contributed by atoms with Gasteiger partial charge in [-0.05, 0) is 24.5 Å². The van der Waals surface area contributed by atoms with Gasteiger partial charge in [-0.3, -0.25) is 0 Å². The molecule has 0 aromatic heterocycles. The summed E-state index contributed by atoms with van der Waals surface area (Å²) < 4.78 is 26.3. The van der Waals surface area contributed by atoms with E-state index < -0.39 is 17.2 Å². The number of hydrogen-bond acceptors (Lipinski definition) is 1. The maximum Gasteiger partial charge on any atom is 0.129 e. The topological polar surface area (TPSA) is 20.2 Å². The zero-order valence-electron chi connectivity index (χ0n) is 10.5. The van der Waals surface area contributed by atoms with Crippen molar-refractivity contribution in [3.63, 3.8) is 0 Å². The number of aliphatic hydroxyl groups is 1. The molecule has 0 heterocycles. The maximum atomic E-state index is 13.5. The Labute approximate surface area is 101 Å². The van der Waals surface area contributed by atoms with Crippen molar-refractivity contribution in [3.8, 4) is 0 Å². The molecule has 0 amide bonds. The van der Waals surface area contributed by atoms with E-state index in [4.69, 9.17) is 0 Å². The molecule has 0 aliphatic rings. The Morgan fingerprint density at radius 3 is 2.18 bits per heavy atom. The van der Waals surface area contributed by atoms with E-state index in [0.29, 0.717) is 18.4 Å². The Kier molecular flexibility index (Phi) is 5.06. The van der Waals surface area contributed by atoms with Crippen molar-refractivity contribution < 1.29 is 13.9 Å². The standard InChI is InChI=1S/C14H20F2O/c1-3-7-14(17,8-4-2)10-11-5-6-12(15)9-13(11)16/h5-6,9,17H,3-4,7-8,10H2,1-2H3. The smallest absolute Gasteiger partial charge is 0.129 e. The van der Waals surface area contributed by atoms with Crippen molar-refractivity contribution in [3.05, 3.63) is 35.4 Å². The van der Waals surface area contributed by atoms with Crippen molar-refractivity contribution in [2.75, 3.05) is 0 Å². The Balaban J connectivity index is 2.85. The van der Waals surface area contributed by atoms with Gasteiger partial charge in [0.1, 0.15) is 11.6 Å². The highest BCUT2D eigenvalue weighted by Gasteiger charge is 2.26. The van der Waals surface area contributed by atoms with Crippen LogP contribution in [0.3, 0.4) is 0 Å². The fourth-order valence-corrected chi connectivity index (χ4v) is 2.25. The number of benzene rings is 1. The van der Waals surface area contributed by atoms with Crippen LogP contribution in [0.15, 0.2) is 18.2 Å². The molecule has 0 saturated carbocycles. The SMILES string of the molecule is CCCC(O)(CCC)Cc1ccc(F)cc1F. The van der Waals surface area contributed by atoms with Gasteiger partial charge >= 0.3 is 0 Å². The Morgan fingerprint density at radius 1 is 1.12 bits per heavy atom. The molecule has 96 valence electrons. The third-order valence-corrected chi connectivity index (χ3v) is 2.97. The van der Waals surface area contributed by atoms with Crippen LogP contribution in [0.2, 0.25) is 0 Å². The molecule has 17 heavy (non-hydrogen) atoms. The largest absolute Gasteiger partial charge is 0.390 e. The van der Waals surface area contributed by atoms with Crippen molar-refractivity contribution in [1.82, 2.24) is 0 Å². The van der Waals surface area contributed by atoms with Crippen LogP contribution in [0.25, 0.3) is 0 Å². The monoisotopic (exact) mass is 242 g/mol. The van der Waals surface area contributed by atoms with Crippen LogP contribution >= 0.6 is 0 Å². The highest BCUT2D eigenvalue weighted by Crippen LogP contribution is 2.26. The molecule has 0 saturated heterocycles. The van der Waals surface area contributed by atoms with Gasteiger partial charge in [0.25, 0.3) is 0 Å². The molecule has 0 fully saturated rings. The third-order valence-electron chi connectivity index (χ3n) is 2.97. The van der Waals surface area contributed by atoms with Crippen LogP contribution < -0.4 is 0 Å². The van der Waals surface area contributed by atoms with Crippen molar-refractivity contribution in [2.45, 2.75) is 51.6 Å². The fourth-order valence-electron chi connectivity index (χ4n) is 2.25. The average molecular weight is 242 g/mol. The van der Waals surface area contributed by atoms with E-state index >= 15 is 0 Å². The zero-order valence-corrected chi connectivity index (χ0v) is 10.5. The van der Waals surface area contributed by atoms with E-state index in [-0.39, 0.29) is 6.42 Å². The molecular formula is C14H20F2O. The number of hydrogen-bond donors (Lipinski definition) is 1. The lowest BCUT2D eigenvalue weighted by Gasteiger charge is -2.27. The highest BCUT2D eigenvalue weighted by atomic mass is 19.1. The van der Waals surface area contributed by atoms with Gasteiger partial charge in [-0.1, -0.05) is 32.8 Å². The molecule has 0 spiro atoms. The number of rotatable bonds is 6. The minimum Gasteiger partial charge on any atom is -0.390 e. The van der Waals surface area contributed by atoms with Crippen LogP contribution in [0.4, 0.5) is 8.78 Å². The second-order valence-electron chi connectivity index (χ2n) is 4.64. The summed E-state index contributed by atoms with van der Waals surface area (Å²) in [5.41, 5.74) is -0.488. The Morgan fingerprint density at radius 2 is 1.71 bits per heavy atom. The van der Waals surface area contributed by atoms with Crippen molar-refractivity contribution in [2.24, 2.45) is 0 Å². The third kappa shape index (κ3) is 4.08. The van der Waals surface area contributed by atoms with E-state index in [0.717, 1.165) is 18.9 Å². The maximum absolute atomic E-state index is 13.5. The molecule has 0 aliphatic heterocycles. The summed E-state index contributed by atoms with van der Waals surface area (Å²) in [4.78, 5) is 0. The first-order chi connectivity index (χ1) is 8.00. The molecular weight excluding hydrogens is 222 g/mol. The lowest BCUT2D eigenvalue weighted by atomic mass is 9.86. The summed E-state index contributed by atoms with van der Waals surface area (Å²) in [6.45, 7) is 3.98. The summed E-state index contributed by atoms with van der Waals surface area (Å²) in [5, 5.41) is 10.4. The second-order valence-corrected chi connectivity index (χ2v) is 4.64. The normalized spacial score (nSPS) is 11.8. The summed E-state index contributed by atoms with van der Waals surface area (Å²) >= 11 is 0. The Hall–Kier alpha value is -0.960. The van der Waals surface area contributed by atoms with Crippen LogP contribution in [-0.2, 0) is 6.42 Å². The van der Waals surface area contributed by atoms with Gasteiger partial charge in [0.15, 0.2) is 0 Å². The molecule has 1 aromatic carbocycles. The van der Waals surface area contributed by atoms with Gasteiger partial charge in [-0.15, -0.1) is 0 Å². The summed E-state index contributed by atoms with van der Waals surface area (Å²) in [5.74, 6) is -1.16. The second kappa shape index (κ2) is 6.10. The minimum atomic E-state index is -0.873. The fraction of sp³-hybridized carbons (Fsp3) is 0.571. The van der Waals surface area contributed by atoms with Crippen molar-refractivity contribution in [1.29, 1.82) is 0 Å². The van der Waals surface area contributed by atoms with Gasteiger partial charge in [-0.25, -0.2) is 8.78 Å². The van der Waals surface area contributed by atoms with E-state index in [2.05, 4.69) is 0 Å². The van der Waals surface area contributed by atoms with Crippen molar-refractivity contribution >= 4 is 0 Å². The highest BCUT2D eigenvalue weighted by molar-refractivity contribution is 5.20. The van der Waals surface area contributed by atoms with Crippen LogP contribution in [-0.4, -0.2) is 10.7 Å². The van der Waals surface area contributed by atoms with Crippen LogP contribution in [0.5, 0.6) is 0 Å². The molecule has 0 atom stereocenters. The number of halogens is 2. The van der Waals surface area contributed by atoms with E-state index in [1.54, 1.807) is 0 Å². The molecule has 3 heteroatoms. The molecule has 1 N–H and O–H groups in total. The van der Waals surface area contributed by atoms with E-state index in [1.165, 1.54) is 12.1 Å².